The Kier molecular flexibility index (Phi) is 10.2. The van der Waals surface area contributed by atoms with Gasteiger partial charge in [0.2, 0.25) is 0 Å². The summed E-state index contributed by atoms with van der Waals surface area (Å²) in [6.45, 7) is 14.6. The first-order valence-electron chi connectivity index (χ1n) is 10.6. The molecule has 0 bridgehead atoms. The zero-order valence-electron chi connectivity index (χ0n) is 17.0. The van der Waals surface area contributed by atoms with Crippen molar-refractivity contribution in [2.75, 3.05) is 0 Å². The van der Waals surface area contributed by atoms with Crippen LogP contribution in [0.5, 0.6) is 0 Å². The molecule has 1 fully saturated rings. The van der Waals surface area contributed by atoms with Crippen molar-refractivity contribution in [2.24, 2.45) is 29.6 Å². The van der Waals surface area contributed by atoms with Gasteiger partial charge < -0.3 is 0 Å². The van der Waals surface area contributed by atoms with Crippen molar-refractivity contribution in [1.29, 1.82) is 0 Å². The van der Waals surface area contributed by atoms with E-state index < -0.39 is 0 Å². The van der Waals surface area contributed by atoms with E-state index >= 15 is 0 Å². The Morgan fingerprint density at radius 1 is 0.826 bits per heavy atom. The first kappa shape index (κ1) is 20.8. The van der Waals surface area contributed by atoms with E-state index in [1.807, 2.05) is 0 Å². The second kappa shape index (κ2) is 11.3. The molecule has 1 rings (SSSR count). The maximum absolute atomic E-state index is 2.52. The van der Waals surface area contributed by atoms with E-state index in [1.165, 1.54) is 64.2 Å². The standard InChI is InChI=1S/C23H44/c1-7-22-16-15-19(4)12-10-14-23(18(2)3)21(6)13-9-8-11-20(5)17-22/h7,18-21,23H,8-17H2,1-6H3/b22-7+. The van der Waals surface area contributed by atoms with E-state index in [0.29, 0.717) is 0 Å². The lowest BCUT2D eigenvalue weighted by Gasteiger charge is -2.28. The third-order valence-electron chi connectivity index (χ3n) is 6.41. The summed E-state index contributed by atoms with van der Waals surface area (Å²) in [4.78, 5) is 0. The molecule has 0 radical (unpaired) electrons. The molecular formula is C23H44. The zero-order valence-corrected chi connectivity index (χ0v) is 17.0. The van der Waals surface area contributed by atoms with Crippen molar-refractivity contribution in [3.8, 4) is 0 Å². The lowest BCUT2D eigenvalue weighted by molar-refractivity contribution is 0.226. The fraction of sp³-hybridized carbons (Fsp3) is 0.913. The topological polar surface area (TPSA) is 0 Å². The van der Waals surface area contributed by atoms with Crippen LogP contribution in [0.4, 0.5) is 0 Å². The summed E-state index contributed by atoms with van der Waals surface area (Å²) in [7, 11) is 0. The van der Waals surface area contributed by atoms with Gasteiger partial charge in [-0.15, -0.1) is 0 Å². The van der Waals surface area contributed by atoms with Crippen LogP contribution in [0.25, 0.3) is 0 Å². The molecule has 0 aromatic carbocycles. The average molecular weight is 321 g/mol. The Bertz CT molecular complexity index is 325. The van der Waals surface area contributed by atoms with Crippen molar-refractivity contribution in [3.05, 3.63) is 11.6 Å². The molecule has 0 heteroatoms. The first-order valence-corrected chi connectivity index (χ1v) is 10.6. The normalized spacial score (nSPS) is 35.0. The van der Waals surface area contributed by atoms with Crippen LogP contribution in [0.3, 0.4) is 0 Å². The van der Waals surface area contributed by atoms with Crippen LogP contribution >= 0.6 is 0 Å². The van der Waals surface area contributed by atoms with Gasteiger partial charge in [0.1, 0.15) is 0 Å². The molecule has 0 N–H and O–H groups in total. The molecule has 0 aromatic rings. The minimum atomic E-state index is 0.851. The number of hydrogen-bond acceptors (Lipinski definition) is 0. The first-order chi connectivity index (χ1) is 10.9. The van der Waals surface area contributed by atoms with Gasteiger partial charge in [-0.2, -0.15) is 0 Å². The molecule has 0 aromatic heterocycles. The van der Waals surface area contributed by atoms with Gasteiger partial charge in [0.15, 0.2) is 0 Å². The van der Waals surface area contributed by atoms with Gasteiger partial charge in [0, 0.05) is 0 Å². The molecule has 1 saturated carbocycles. The van der Waals surface area contributed by atoms with Gasteiger partial charge in [0.25, 0.3) is 0 Å². The fourth-order valence-corrected chi connectivity index (χ4v) is 4.64. The van der Waals surface area contributed by atoms with Gasteiger partial charge in [0.05, 0.1) is 0 Å². The van der Waals surface area contributed by atoms with Crippen LogP contribution in [-0.2, 0) is 0 Å². The van der Waals surface area contributed by atoms with E-state index in [2.05, 4.69) is 47.6 Å². The summed E-state index contributed by atoms with van der Waals surface area (Å²) < 4.78 is 0. The van der Waals surface area contributed by atoms with E-state index in [-0.39, 0.29) is 0 Å². The third kappa shape index (κ3) is 8.41. The molecular weight excluding hydrogens is 276 g/mol. The van der Waals surface area contributed by atoms with Crippen molar-refractivity contribution in [2.45, 2.75) is 106 Å². The second-order valence-corrected chi connectivity index (χ2v) is 9.00. The Morgan fingerprint density at radius 3 is 2.13 bits per heavy atom. The number of rotatable bonds is 1. The number of allylic oxidation sites excluding steroid dienone is 2. The fourth-order valence-electron chi connectivity index (χ4n) is 4.64. The molecule has 0 amide bonds. The Hall–Kier alpha value is -0.260. The van der Waals surface area contributed by atoms with Crippen molar-refractivity contribution in [3.63, 3.8) is 0 Å². The summed E-state index contributed by atoms with van der Waals surface area (Å²) in [5, 5.41) is 0. The third-order valence-corrected chi connectivity index (χ3v) is 6.41. The SMILES string of the molecule is C/C=C1\CCC(C)CCCC(C(C)C)C(C)CCCCC(C)C1. The highest BCUT2D eigenvalue weighted by atomic mass is 14.3. The molecule has 1 aliphatic carbocycles. The number of hydrogen-bond donors (Lipinski definition) is 0. The Labute approximate surface area is 147 Å². The molecule has 0 nitrogen and oxygen atoms in total. The monoisotopic (exact) mass is 320 g/mol. The van der Waals surface area contributed by atoms with Crippen LogP contribution in [0, 0.1) is 29.6 Å². The maximum Gasteiger partial charge on any atom is -0.0295 e. The predicted octanol–water partition coefficient (Wildman–Crippen LogP) is 8.03. The van der Waals surface area contributed by atoms with Crippen molar-refractivity contribution < 1.29 is 0 Å². The molecule has 4 atom stereocenters. The molecule has 23 heavy (non-hydrogen) atoms. The van der Waals surface area contributed by atoms with E-state index in [1.54, 1.807) is 5.57 Å². The Morgan fingerprint density at radius 2 is 1.48 bits per heavy atom. The lowest BCUT2D eigenvalue weighted by Crippen LogP contribution is -2.18. The highest BCUT2D eigenvalue weighted by Gasteiger charge is 2.21. The van der Waals surface area contributed by atoms with Crippen LogP contribution in [0.1, 0.15) is 106 Å². The second-order valence-electron chi connectivity index (χ2n) is 9.00. The highest BCUT2D eigenvalue weighted by Crippen LogP contribution is 2.32. The highest BCUT2D eigenvalue weighted by molar-refractivity contribution is 5.01. The van der Waals surface area contributed by atoms with Gasteiger partial charge >= 0.3 is 0 Å². The van der Waals surface area contributed by atoms with Crippen LogP contribution < -0.4 is 0 Å². The quantitative estimate of drug-likeness (QED) is 0.429. The van der Waals surface area contributed by atoms with Gasteiger partial charge in [-0.05, 0) is 62.2 Å². The molecule has 1 aliphatic rings. The minimum absolute atomic E-state index is 0.851. The summed E-state index contributed by atoms with van der Waals surface area (Å²) in [6, 6.07) is 0. The van der Waals surface area contributed by atoms with Gasteiger partial charge in [-0.1, -0.05) is 84.8 Å². The molecule has 4 unspecified atom stereocenters. The molecule has 0 heterocycles. The predicted molar refractivity (Wildman–Crippen MR) is 106 cm³/mol. The molecule has 136 valence electrons. The van der Waals surface area contributed by atoms with Crippen LogP contribution in [-0.4, -0.2) is 0 Å². The van der Waals surface area contributed by atoms with E-state index in [4.69, 9.17) is 0 Å². The minimum Gasteiger partial charge on any atom is -0.0884 e. The molecule has 0 saturated heterocycles. The van der Waals surface area contributed by atoms with Crippen LogP contribution in [0.15, 0.2) is 11.6 Å². The van der Waals surface area contributed by atoms with Crippen molar-refractivity contribution in [1.82, 2.24) is 0 Å². The largest absolute Gasteiger partial charge is 0.0884 e. The van der Waals surface area contributed by atoms with Gasteiger partial charge in [-0.3, -0.25) is 0 Å². The maximum atomic E-state index is 2.52. The lowest BCUT2D eigenvalue weighted by atomic mass is 9.78. The molecule has 0 spiro atoms. The van der Waals surface area contributed by atoms with E-state index in [0.717, 1.165) is 29.6 Å². The zero-order chi connectivity index (χ0) is 17.2. The van der Waals surface area contributed by atoms with Gasteiger partial charge in [-0.25, -0.2) is 0 Å². The summed E-state index contributed by atoms with van der Waals surface area (Å²) in [6.07, 6.45) is 16.5. The summed E-state index contributed by atoms with van der Waals surface area (Å²) >= 11 is 0. The Balaban J connectivity index is 2.65. The molecule has 0 aliphatic heterocycles. The average Bonchev–Trinajstić information content (AvgIpc) is 2.51. The van der Waals surface area contributed by atoms with Crippen LogP contribution in [0.2, 0.25) is 0 Å². The smallest absolute Gasteiger partial charge is 0.0295 e. The summed E-state index contributed by atoms with van der Waals surface area (Å²) in [5.41, 5.74) is 1.72. The van der Waals surface area contributed by atoms with Crippen molar-refractivity contribution >= 4 is 0 Å². The summed E-state index contributed by atoms with van der Waals surface area (Å²) in [5.74, 6) is 4.48. The van der Waals surface area contributed by atoms with E-state index in [9.17, 15) is 0 Å².